The molecule has 59 heavy (non-hydrogen) atoms. The molecule has 3 aliphatic rings. The van der Waals surface area contributed by atoms with Gasteiger partial charge in [-0.3, -0.25) is 19.5 Å². The van der Waals surface area contributed by atoms with Crippen LogP contribution in [0, 0.1) is 11.8 Å². The third-order valence-corrected chi connectivity index (χ3v) is 11.8. The second kappa shape index (κ2) is 16.1. The number of carbonyl (C=O) groups is 4. The molecule has 20 heteroatoms. The van der Waals surface area contributed by atoms with Gasteiger partial charge < -0.3 is 39.4 Å². The van der Waals surface area contributed by atoms with Gasteiger partial charge in [-0.05, 0) is 30.3 Å². The standard InChI is InChI=1S/C39H40ClF3N10O6/c40-28-16-24(47-36(56)35-45-19-25(46-35)15-27-33(49-50-34(27)39(41,42)43)30-3-4-31-29(48-30)7-14-59-31)1-2-26(28)38(58)52-10-8-51(9-11-52)37(57)23-5-12-53(13-6-23,21-32(54)55)20-22-17-44-18-22/h1-4,7,14,16,19,22-23,44H,5-6,8-13,15,17-18,20-21H2,(H3-,45,46,47,48,49,50,54,55,56,58)/p+1. The first-order chi connectivity index (χ1) is 28.2. The van der Waals surface area contributed by atoms with Gasteiger partial charge in [-0.25, -0.2) is 14.8 Å². The van der Waals surface area contributed by atoms with Gasteiger partial charge in [0.15, 0.2) is 23.6 Å². The number of fused-ring (bicyclic) bond motifs is 1. The van der Waals surface area contributed by atoms with Crippen LogP contribution in [-0.2, 0) is 22.2 Å². The molecular formula is C39H41ClF3N10O6+. The summed E-state index contributed by atoms with van der Waals surface area (Å²) in [5, 5.41) is 21.6. The van der Waals surface area contributed by atoms with E-state index in [1.165, 1.54) is 36.7 Å². The number of piperidine rings is 1. The predicted octanol–water partition coefficient (Wildman–Crippen LogP) is 4.27. The number of nitrogens with zero attached hydrogens (tertiary/aromatic N) is 6. The zero-order chi connectivity index (χ0) is 41.5. The van der Waals surface area contributed by atoms with Crippen molar-refractivity contribution < 1.29 is 46.4 Å². The topological polar surface area (TPSA) is 202 Å². The third kappa shape index (κ3) is 8.53. The average Bonchev–Trinajstić information content (AvgIpc) is 3.96. The van der Waals surface area contributed by atoms with Gasteiger partial charge in [0.05, 0.1) is 47.9 Å². The predicted molar refractivity (Wildman–Crippen MR) is 206 cm³/mol. The van der Waals surface area contributed by atoms with Gasteiger partial charge in [-0.2, -0.15) is 18.3 Å². The summed E-state index contributed by atoms with van der Waals surface area (Å²) in [5.41, 5.74) is 0.565. The number of amides is 3. The molecule has 0 atom stereocenters. The number of furan rings is 1. The number of carboxylic acids is 1. The summed E-state index contributed by atoms with van der Waals surface area (Å²) in [4.78, 5) is 66.5. The van der Waals surface area contributed by atoms with Crippen molar-refractivity contribution in [1.29, 1.82) is 0 Å². The number of nitrogens with one attached hydrogen (secondary N) is 4. The Kier molecular flexibility index (Phi) is 10.9. The molecule has 0 saturated carbocycles. The summed E-state index contributed by atoms with van der Waals surface area (Å²) in [6.45, 7) is 5.30. The van der Waals surface area contributed by atoms with Crippen LogP contribution in [0.5, 0.6) is 0 Å². The molecule has 310 valence electrons. The molecular weight excluding hydrogens is 797 g/mol. The first kappa shape index (κ1) is 40.0. The molecule has 16 nitrogen and oxygen atoms in total. The molecule has 0 unspecified atom stereocenters. The lowest BCUT2D eigenvalue weighted by molar-refractivity contribution is -0.929. The minimum Gasteiger partial charge on any atom is -0.477 e. The minimum absolute atomic E-state index is 0.0375. The minimum atomic E-state index is -4.77. The van der Waals surface area contributed by atoms with Crippen LogP contribution in [0.25, 0.3) is 22.5 Å². The normalized spacial score (nSPS) is 20.1. The van der Waals surface area contributed by atoms with E-state index < -0.39 is 23.7 Å². The molecule has 0 radical (unpaired) electrons. The second-order valence-electron chi connectivity index (χ2n) is 15.4. The Balaban J connectivity index is 0.857. The lowest BCUT2D eigenvalue weighted by atomic mass is 9.90. The Morgan fingerprint density at radius 3 is 2.44 bits per heavy atom. The van der Waals surface area contributed by atoms with Gasteiger partial charge in [0.25, 0.3) is 11.8 Å². The van der Waals surface area contributed by atoms with Gasteiger partial charge in [0, 0.05) is 99.6 Å². The highest BCUT2D eigenvalue weighted by Crippen LogP contribution is 2.36. The number of halogens is 4. The third-order valence-electron chi connectivity index (χ3n) is 11.5. The summed E-state index contributed by atoms with van der Waals surface area (Å²) >= 11 is 6.54. The van der Waals surface area contributed by atoms with Crippen molar-refractivity contribution in [3.63, 3.8) is 0 Å². The summed E-state index contributed by atoms with van der Waals surface area (Å²) < 4.78 is 47.8. The number of H-pyrrole nitrogens is 2. The number of carboxylic acid groups (broad SMARTS) is 1. The zero-order valence-electron chi connectivity index (χ0n) is 31.6. The zero-order valence-corrected chi connectivity index (χ0v) is 32.4. The Labute approximate surface area is 339 Å². The monoisotopic (exact) mass is 837 g/mol. The van der Waals surface area contributed by atoms with Crippen molar-refractivity contribution in [3.8, 4) is 11.4 Å². The molecule has 1 aromatic carbocycles. The van der Waals surface area contributed by atoms with Gasteiger partial charge in [-0.1, -0.05) is 11.6 Å². The van der Waals surface area contributed by atoms with Crippen molar-refractivity contribution in [3.05, 3.63) is 82.2 Å². The lowest BCUT2D eigenvalue weighted by Gasteiger charge is -2.46. The maximum absolute atomic E-state index is 14.0. The molecule has 3 fully saturated rings. The first-order valence-electron chi connectivity index (χ1n) is 19.2. The molecule has 3 saturated heterocycles. The summed E-state index contributed by atoms with van der Waals surface area (Å²) in [7, 11) is 0. The highest BCUT2D eigenvalue weighted by molar-refractivity contribution is 6.34. The number of alkyl halides is 3. The molecule has 7 heterocycles. The molecule has 3 amide bonds. The molecule has 3 aliphatic heterocycles. The van der Waals surface area contributed by atoms with Gasteiger partial charge in [0.1, 0.15) is 5.52 Å². The van der Waals surface area contributed by atoms with Crippen molar-refractivity contribution in [2.24, 2.45) is 11.8 Å². The van der Waals surface area contributed by atoms with Crippen molar-refractivity contribution in [1.82, 2.24) is 40.3 Å². The molecule has 0 bridgehead atoms. The first-order valence-corrected chi connectivity index (χ1v) is 19.6. The van der Waals surface area contributed by atoms with Gasteiger partial charge in [-0.15, -0.1) is 0 Å². The largest absolute Gasteiger partial charge is 0.477 e. The highest BCUT2D eigenvalue weighted by atomic mass is 35.5. The van der Waals surface area contributed by atoms with E-state index in [4.69, 9.17) is 16.0 Å². The van der Waals surface area contributed by atoms with Crippen LogP contribution in [0.15, 0.2) is 53.3 Å². The number of hydrogen-bond donors (Lipinski definition) is 5. The Bertz CT molecular complexity index is 2390. The van der Waals surface area contributed by atoms with E-state index in [2.05, 4.69) is 35.8 Å². The SMILES string of the molecule is O=C(O)C[N+]1(CC2CNC2)CCC(C(=O)N2CCN(C(=O)c3ccc(NC(=O)c4ncc(Cc5c(C(F)(F)F)n[nH]c5-c5ccc6occc6n5)[nH]4)cc3Cl)CC2)CC1. The number of benzene rings is 1. The van der Waals surface area contributed by atoms with Crippen LogP contribution < -0.4 is 10.6 Å². The van der Waals surface area contributed by atoms with E-state index in [0.717, 1.165) is 19.6 Å². The number of anilines is 1. The summed E-state index contributed by atoms with van der Waals surface area (Å²) in [6, 6.07) is 9.12. The van der Waals surface area contributed by atoms with Crippen molar-refractivity contribution in [2.45, 2.75) is 25.4 Å². The fraction of sp³-hybridized carbons (Fsp3) is 0.410. The summed E-state index contributed by atoms with van der Waals surface area (Å²) in [6.07, 6.45) is -1.13. The molecule has 8 rings (SSSR count). The van der Waals surface area contributed by atoms with E-state index >= 15 is 0 Å². The van der Waals surface area contributed by atoms with E-state index in [1.54, 1.807) is 21.9 Å². The van der Waals surface area contributed by atoms with Crippen LogP contribution in [0.4, 0.5) is 18.9 Å². The molecule has 0 aliphatic carbocycles. The number of aromatic amines is 2. The van der Waals surface area contributed by atoms with Crippen LogP contribution in [0.1, 0.15) is 50.8 Å². The number of aliphatic carboxylic acids is 1. The van der Waals surface area contributed by atoms with Crippen LogP contribution in [-0.4, -0.2) is 134 Å². The number of hydrogen-bond acceptors (Lipinski definition) is 9. The number of quaternary nitrogens is 1. The number of likely N-dealkylation sites (tertiary alicyclic amines) is 1. The summed E-state index contributed by atoms with van der Waals surface area (Å²) in [5.74, 6) is -1.70. The van der Waals surface area contributed by atoms with Crippen LogP contribution in [0.2, 0.25) is 5.02 Å². The van der Waals surface area contributed by atoms with E-state index in [0.29, 0.717) is 73.6 Å². The van der Waals surface area contributed by atoms with Crippen molar-refractivity contribution in [2.75, 3.05) is 70.8 Å². The maximum atomic E-state index is 14.0. The second-order valence-corrected chi connectivity index (χ2v) is 15.9. The van der Waals surface area contributed by atoms with Crippen molar-refractivity contribution >= 4 is 52.1 Å². The molecule has 5 N–H and O–H groups in total. The number of aromatic nitrogens is 5. The highest BCUT2D eigenvalue weighted by Gasteiger charge is 2.42. The van der Waals surface area contributed by atoms with Gasteiger partial charge >= 0.3 is 12.1 Å². The smallest absolute Gasteiger partial charge is 0.435 e. The number of rotatable bonds is 11. The fourth-order valence-corrected chi connectivity index (χ4v) is 8.59. The van der Waals surface area contributed by atoms with E-state index in [9.17, 15) is 37.5 Å². The van der Waals surface area contributed by atoms with Crippen LogP contribution >= 0.6 is 11.6 Å². The Hall–Kier alpha value is -5.79. The van der Waals surface area contributed by atoms with E-state index in [-0.39, 0.29) is 75.4 Å². The van der Waals surface area contributed by atoms with Gasteiger partial charge in [0.2, 0.25) is 5.91 Å². The van der Waals surface area contributed by atoms with Crippen LogP contribution in [0.3, 0.4) is 0 Å². The lowest BCUT2D eigenvalue weighted by Crippen LogP contribution is -2.62. The number of pyridine rings is 1. The number of carbonyl (C=O) groups excluding carboxylic acids is 3. The fourth-order valence-electron chi connectivity index (χ4n) is 8.33. The number of piperazine rings is 1. The molecule has 4 aromatic heterocycles. The van der Waals surface area contributed by atoms with E-state index in [1.807, 2.05) is 0 Å². The quantitative estimate of drug-likeness (QED) is 0.120. The average molecular weight is 838 g/mol. The number of imidazole rings is 1. The Morgan fingerprint density at radius 2 is 1.76 bits per heavy atom. The molecule has 0 spiro atoms. The molecule has 5 aromatic rings. The maximum Gasteiger partial charge on any atom is 0.435 e. The Morgan fingerprint density at radius 1 is 1.02 bits per heavy atom.